The van der Waals surface area contributed by atoms with Gasteiger partial charge < -0.3 is 4.74 Å². The molecule has 1 atom stereocenters. The standard InChI is InChI=1S/C25H24F3NO3S/c1-33(30,31)24(20-13-8-14-22(15-20)32-25(26,27)28)21-16-29(17-21)23(18-9-4-2-5-10-18)19-11-6-3-7-12-19/h2-15,21,23-24H,16-17H2,1H3. The summed E-state index contributed by atoms with van der Waals surface area (Å²) in [7, 11) is -3.58. The number of nitrogens with zero attached hydrogens (tertiary/aromatic N) is 1. The fourth-order valence-electron chi connectivity index (χ4n) is 4.59. The largest absolute Gasteiger partial charge is 0.573 e. The molecule has 174 valence electrons. The second-order valence-corrected chi connectivity index (χ2v) is 10.5. The molecule has 0 saturated carbocycles. The molecule has 4 rings (SSSR count). The Hall–Kier alpha value is -2.84. The maximum Gasteiger partial charge on any atom is 0.573 e. The topological polar surface area (TPSA) is 46.6 Å². The highest BCUT2D eigenvalue weighted by atomic mass is 32.2. The predicted molar refractivity (Wildman–Crippen MR) is 120 cm³/mol. The Morgan fingerprint density at radius 1 is 0.848 bits per heavy atom. The SMILES string of the molecule is CS(=O)(=O)C(c1cccc(OC(F)(F)F)c1)C1CN(C(c2ccccc2)c2ccccc2)C1. The molecule has 1 aliphatic rings. The normalized spacial score (nSPS) is 16.4. The van der Waals surface area contributed by atoms with Gasteiger partial charge in [-0.2, -0.15) is 0 Å². The Kier molecular flexibility index (Phi) is 6.50. The first-order valence-electron chi connectivity index (χ1n) is 10.5. The summed E-state index contributed by atoms with van der Waals surface area (Å²) in [5.41, 5.74) is 2.50. The molecule has 0 amide bonds. The fraction of sp³-hybridized carbons (Fsp3) is 0.280. The lowest BCUT2D eigenvalue weighted by Gasteiger charge is -2.47. The van der Waals surface area contributed by atoms with E-state index in [2.05, 4.69) is 9.64 Å². The molecule has 1 unspecified atom stereocenters. The first-order chi connectivity index (χ1) is 15.6. The van der Waals surface area contributed by atoms with Gasteiger partial charge in [0, 0.05) is 25.3 Å². The van der Waals surface area contributed by atoms with E-state index in [1.807, 2.05) is 60.7 Å². The molecule has 8 heteroatoms. The third-order valence-corrected chi connectivity index (χ3v) is 7.42. The average molecular weight is 476 g/mol. The highest BCUT2D eigenvalue weighted by molar-refractivity contribution is 7.90. The second kappa shape index (κ2) is 9.19. The fourth-order valence-corrected chi connectivity index (χ4v) is 6.11. The van der Waals surface area contributed by atoms with Crippen molar-refractivity contribution in [2.75, 3.05) is 19.3 Å². The van der Waals surface area contributed by atoms with Crippen molar-refractivity contribution in [3.05, 3.63) is 102 Å². The number of benzene rings is 3. The number of sulfone groups is 1. The zero-order chi connectivity index (χ0) is 23.6. The van der Waals surface area contributed by atoms with Crippen LogP contribution in [0.1, 0.15) is 28.0 Å². The van der Waals surface area contributed by atoms with Crippen molar-refractivity contribution in [1.29, 1.82) is 0 Å². The summed E-state index contributed by atoms with van der Waals surface area (Å²) < 4.78 is 67.4. The third-order valence-electron chi connectivity index (χ3n) is 5.84. The van der Waals surface area contributed by atoms with E-state index in [-0.39, 0.29) is 12.0 Å². The van der Waals surface area contributed by atoms with Gasteiger partial charge in [0.05, 0.1) is 11.3 Å². The molecule has 1 aliphatic heterocycles. The van der Waals surface area contributed by atoms with Gasteiger partial charge in [0.1, 0.15) is 5.75 Å². The molecule has 0 radical (unpaired) electrons. The Labute approximate surface area is 191 Å². The van der Waals surface area contributed by atoms with E-state index in [1.165, 1.54) is 18.2 Å². The Morgan fingerprint density at radius 3 is 1.85 bits per heavy atom. The van der Waals surface area contributed by atoms with Crippen LogP contribution in [-0.2, 0) is 9.84 Å². The van der Waals surface area contributed by atoms with E-state index >= 15 is 0 Å². The van der Waals surface area contributed by atoms with Crippen LogP contribution in [0.4, 0.5) is 13.2 Å². The van der Waals surface area contributed by atoms with Crippen LogP contribution in [0, 0.1) is 5.92 Å². The van der Waals surface area contributed by atoms with Gasteiger partial charge in [-0.1, -0.05) is 72.8 Å². The van der Waals surface area contributed by atoms with E-state index < -0.39 is 27.2 Å². The minimum Gasteiger partial charge on any atom is -0.406 e. The number of alkyl halides is 3. The quantitative estimate of drug-likeness (QED) is 0.460. The lowest BCUT2D eigenvalue weighted by atomic mass is 9.86. The van der Waals surface area contributed by atoms with Gasteiger partial charge in [-0.05, 0) is 28.8 Å². The molecule has 0 aromatic heterocycles. The van der Waals surface area contributed by atoms with Crippen molar-refractivity contribution < 1.29 is 26.3 Å². The maximum absolute atomic E-state index is 12.7. The number of halogens is 3. The van der Waals surface area contributed by atoms with Crippen LogP contribution < -0.4 is 4.74 Å². The highest BCUT2D eigenvalue weighted by Gasteiger charge is 2.43. The monoisotopic (exact) mass is 475 g/mol. The molecular weight excluding hydrogens is 451 g/mol. The van der Waals surface area contributed by atoms with Gasteiger partial charge >= 0.3 is 6.36 Å². The summed E-state index contributed by atoms with van der Waals surface area (Å²) in [5, 5.41) is -0.919. The molecule has 0 bridgehead atoms. The number of hydrogen-bond donors (Lipinski definition) is 0. The van der Waals surface area contributed by atoms with E-state index in [9.17, 15) is 21.6 Å². The summed E-state index contributed by atoms with van der Waals surface area (Å²) in [5.74, 6) is -0.674. The van der Waals surface area contributed by atoms with Crippen LogP contribution in [-0.4, -0.2) is 39.0 Å². The second-order valence-electron chi connectivity index (χ2n) is 8.31. The van der Waals surface area contributed by atoms with Gasteiger partial charge in [-0.15, -0.1) is 13.2 Å². The van der Waals surface area contributed by atoms with Crippen LogP contribution in [0.5, 0.6) is 5.75 Å². The van der Waals surface area contributed by atoms with Crippen molar-refractivity contribution >= 4 is 9.84 Å². The summed E-state index contributed by atoms with van der Waals surface area (Å²) >= 11 is 0. The van der Waals surface area contributed by atoms with Gasteiger partial charge in [0.2, 0.25) is 0 Å². The molecular formula is C25H24F3NO3S. The van der Waals surface area contributed by atoms with Crippen molar-refractivity contribution in [1.82, 2.24) is 4.90 Å². The molecule has 1 fully saturated rings. The lowest BCUT2D eigenvalue weighted by Crippen LogP contribution is -2.52. The van der Waals surface area contributed by atoms with Crippen LogP contribution in [0.3, 0.4) is 0 Å². The van der Waals surface area contributed by atoms with Crippen LogP contribution in [0.2, 0.25) is 0 Å². The Bertz CT molecular complexity index is 1140. The number of rotatable bonds is 7. The predicted octanol–water partition coefficient (Wildman–Crippen LogP) is 5.39. The molecule has 0 aliphatic carbocycles. The Balaban J connectivity index is 1.60. The van der Waals surface area contributed by atoms with Crippen LogP contribution >= 0.6 is 0 Å². The summed E-state index contributed by atoms with van der Waals surface area (Å²) in [6, 6.07) is 25.2. The average Bonchev–Trinajstić information content (AvgIpc) is 2.72. The Morgan fingerprint density at radius 2 is 1.36 bits per heavy atom. The molecule has 3 aromatic rings. The van der Waals surface area contributed by atoms with Gasteiger partial charge in [-0.25, -0.2) is 8.42 Å². The minimum absolute atomic E-state index is 0.0382. The number of likely N-dealkylation sites (tertiary alicyclic amines) is 1. The minimum atomic E-state index is -4.84. The zero-order valence-electron chi connectivity index (χ0n) is 17.9. The molecule has 0 spiro atoms. The highest BCUT2D eigenvalue weighted by Crippen LogP contribution is 2.42. The van der Waals surface area contributed by atoms with E-state index in [1.54, 1.807) is 6.07 Å². The molecule has 0 N–H and O–H groups in total. The molecule has 1 saturated heterocycles. The van der Waals surface area contributed by atoms with Gasteiger partial charge in [-0.3, -0.25) is 4.90 Å². The van der Waals surface area contributed by atoms with Crippen molar-refractivity contribution in [3.8, 4) is 5.75 Å². The molecule has 4 nitrogen and oxygen atoms in total. The zero-order valence-corrected chi connectivity index (χ0v) is 18.8. The van der Waals surface area contributed by atoms with Crippen molar-refractivity contribution in [2.24, 2.45) is 5.92 Å². The van der Waals surface area contributed by atoms with Gasteiger partial charge in [0.25, 0.3) is 0 Å². The van der Waals surface area contributed by atoms with E-state index in [4.69, 9.17) is 0 Å². The summed E-state index contributed by atoms with van der Waals surface area (Å²) in [4.78, 5) is 2.20. The van der Waals surface area contributed by atoms with Gasteiger partial charge in [0.15, 0.2) is 9.84 Å². The molecule has 3 aromatic carbocycles. The van der Waals surface area contributed by atoms with Crippen molar-refractivity contribution in [3.63, 3.8) is 0 Å². The van der Waals surface area contributed by atoms with Crippen LogP contribution in [0.25, 0.3) is 0 Å². The van der Waals surface area contributed by atoms with E-state index in [0.717, 1.165) is 17.4 Å². The third kappa shape index (κ3) is 5.57. The maximum atomic E-state index is 12.7. The first kappa shape index (κ1) is 23.3. The smallest absolute Gasteiger partial charge is 0.406 e. The van der Waals surface area contributed by atoms with Crippen molar-refractivity contribution in [2.45, 2.75) is 17.7 Å². The molecule has 1 heterocycles. The number of ether oxygens (including phenoxy) is 1. The summed E-state index contributed by atoms with van der Waals surface area (Å²) in [6.07, 6.45) is -3.71. The first-order valence-corrected chi connectivity index (χ1v) is 12.5. The van der Waals surface area contributed by atoms with E-state index in [0.29, 0.717) is 18.7 Å². The van der Waals surface area contributed by atoms with Crippen LogP contribution in [0.15, 0.2) is 84.9 Å². The summed E-state index contributed by atoms with van der Waals surface area (Å²) in [6.45, 7) is 0.993. The molecule has 33 heavy (non-hydrogen) atoms. The lowest BCUT2D eigenvalue weighted by molar-refractivity contribution is -0.274. The number of hydrogen-bond acceptors (Lipinski definition) is 4.